The Balaban J connectivity index is 1.55. The van der Waals surface area contributed by atoms with Gasteiger partial charge in [0.15, 0.2) is 0 Å². The van der Waals surface area contributed by atoms with Crippen LogP contribution in [0.4, 0.5) is 11.4 Å². The van der Waals surface area contributed by atoms with Gasteiger partial charge in [-0.1, -0.05) is 13.3 Å². The van der Waals surface area contributed by atoms with Crippen LogP contribution in [0.5, 0.6) is 0 Å². The van der Waals surface area contributed by atoms with Gasteiger partial charge in [0.05, 0.1) is 36.0 Å². The molecular weight excluding hydrogens is 428 g/mol. The molecule has 0 spiro atoms. The molecule has 1 aromatic carbocycles. The second-order valence-electron chi connectivity index (χ2n) is 9.18. The van der Waals surface area contributed by atoms with Crippen LogP contribution in [0.1, 0.15) is 39.0 Å². The number of rotatable bonds is 6. The lowest BCUT2D eigenvalue weighted by Gasteiger charge is -2.33. The molecule has 3 aliphatic heterocycles. The molecule has 0 saturated carbocycles. The van der Waals surface area contributed by atoms with Crippen molar-refractivity contribution >= 4 is 27.3 Å². The molecule has 3 aliphatic rings. The van der Waals surface area contributed by atoms with Gasteiger partial charge in [-0.15, -0.1) is 0 Å². The maximum atomic E-state index is 13.2. The Bertz CT molecular complexity index is 895. The second-order valence-corrected chi connectivity index (χ2v) is 11.1. The summed E-state index contributed by atoms with van der Waals surface area (Å²) < 4.78 is 33.5. The van der Waals surface area contributed by atoms with E-state index in [9.17, 15) is 13.2 Å². The lowest BCUT2D eigenvalue weighted by atomic mass is 10.0. The summed E-state index contributed by atoms with van der Waals surface area (Å²) in [5, 5.41) is 3.28. The number of nitrogens with zero attached hydrogens (tertiary/aromatic N) is 3. The van der Waals surface area contributed by atoms with Crippen LogP contribution in [-0.4, -0.2) is 82.6 Å². The molecule has 0 bridgehead atoms. The smallest absolute Gasteiger partial charge is 0.243 e. The van der Waals surface area contributed by atoms with E-state index < -0.39 is 10.0 Å². The van der Waals surface area contributed by atoms with Gasteiger partial charge in [0.1, 0.15) is 0 Å². The minimum absolute atomic E-state index is 0.0637. The Morgan fingerprint density at radius 1 is 1.06 bits per heavy atom. The highest BCUT2D eigenvalue weighted by Gasteiger charge is 2.28. The van der Waals surface area contributed by atoms with E-state index in [4.69, 9.17) is 4.74 Å². The van der Waals surface area contributed by atoms with Crippen molar-refractivity contribution in [2.24, 2.45) is 5.92 Å². The topological polar surface area (TPSA) is 82.2 Å². The molecule has 3 saturated heterocycles. The van der Waals surface area contributed by atoms with E-state index in [1.54, 1.807) is 16.4 Å². The number of piperidine rings is 2. The number of carbonyl (C=O) groups is 1. The summed E-state index contributed by atoms with van der Waals surface area (Å²) in [7, 11) is -3.54. The molecule has 1 atom stereocenters. The summed E-state index contributed by atoms with van der Waals surface area (Å²) in [6.45, 7) is 7.83. The predicted octanol–water partition coefficient (Wildman–Crippen LogP) is 2.37. The third kappa shape index (κ3) is 5.38. The average molecular weight is 465 g/mol. The maximum absolute atomic E-state index is 13.2. The molecule has 8 nitrogen and oxygen atoms in total. The Hall–Kier alpha value is -1.84. The summed E-state index contributed by atoms with van der Waals surface area (Å²) in [5.41, 5.74) is 1.62. The van der Waals surface area contributed by atoms with E-state index in [1.165, 1.54) is 0 Å². The quantitative estimate of drug-likeness (QED) is 0.696. The molecule has 1 amide bonds. The summed E-state index contributed by atoms with van der Waals surface area (Å²) in [6.07, 6.45) is 5.08. The number of morpholine rings is 1. The minimum atomic E-state index is -3.54. The summed E-state index contributed by atoms with van der Waals surface area (Å²) in [5.74, 6) is 0.586. The fourth-order valence-corrected chi connectivity index (χ4v) is 6.39. The van der Waals surface area contributed by atoms with Gasteiger partial charge in [-0.3, -0.25) is 4.79 Å². The highest BCUT2D eigenvalue weighted by Crippen LogP contribution is 2.31. The van der Waals surface area contributed by atoms with E-state index in [-0.39, 0.29) is 17.3 Å². The molecule has 1 N–H and O–H groups in total. The molecule has 9 heteroatoms. The van der Waals surface area contributed by atoms with Crippen LogP contribution < -0.4 is 10.2 Å². The van der Waals surface area contributed by atoms with Crippen LogP contribution in [0.15, 0.2) is 23.1 Å². The molecule has 0 aromatic heterocycles. The van der Waals surface area contributed by atoms with Crippen LogP contribution in [0.25, 0.3) is 0 Å². The van der Waals surface area contributed by atoms with E-state index in [1.807, 2.05) is 11.0 Å². The third-order valence-corrected chi connectivity index (χ3v) is 8.61. The van der Waals surface area contributed by atoms with Gasteiger partial charge in [0.2, 0.25) is 15.9 Å². The second kappa shape index (κ2) is 10.4. The number of nitrogens with one attached hydrogen (secondary N) is 1. The molecule has 4 rings (SSSR count). The monoisotopic (exact) mass is 464 g/mol. The fourth-order valence-electron chi connectivity index (χ4n) is 4.85. The number of carbonyl (C=O) groups excluding carboxylic acids is 1. The highest BCUT2D eigenvalue weighted by atomic mass is 32.2. The van der Waals surface area contributed by atoms with Crippen molar-refractivity contribution in [1.82, 2.24) is 9.21 Å². The van der Waals surface area contributed by atoms with E-state index >= 15 is 0 Å². The average Bonchev–Trinajstić information content (AvgIpc) is 2.83. The van der Waals surface area contributed by atoms with Gasteiger partial charge < -0.3 is 19.9 Å². The van der Waals surface area contributed by atoms with Crippen LogP contribution in [-0.2, 0) is 19.6 Å². The van der Waals surface area contributed by atoms with Crippen molar-refractivity contribution in [2.45, 2.75) is 43.9 Å². The molecule has 1 unspecified atom stereocenters. The van der Waals surface area contributed by atoms with Crippen molar-refractivity contribution in [1.29, 1.82) is 0 Å². The first kappa shape index (κ1) is 23.3. The zero-order valence-electron chi connectivity index (χ0n) is 19.1. The molecule has 32 heavy (non-hydrogen) atoms. The van der Waals surface area contributed by atoms with Gasteiger partial charge in [0.25, 0.3) is 0 Å². The van der Waals surface area contributed by atoms with Crippen LogP contribution in [0, 0.1) is 5.92 Å². The Kier molecular flexibility index (Phi) is 7.58. The number of sulfonamides is 1. The van der Waals surface area contributed by atoms with Crippen LogP contribution in [0.2, 0.25) is 0 Å². The van der Waals surface area contributed by atoms with Crippen molar-refractivity contribution in [3.05, 3.63) is 18.2 Å². The minimum Gasteiger partial charge on any atom is -0.378 e. The first-order valence-electron chi connectivity index (χ1n) is 11.9. The van der Waals surface area contributed by atoms with Gasteiger partial charge in [-0.2, -0.15) is 4.31 Å². The number of hydrogen-bond acceptors (Lipinski definition) is 6. The molecule has 3 heterocycles. The summed E-state index contributed by atoms with van der Waals surface area (Å²) in [6, 6.07) is 5.28. The van der Waals surface area contributed by atoms with E-state index in [2.05, 4.69) is 17.1 Å². The molecule has 1 aromatic rings. The Labute approximate surface area is 191 Å². The Morgan fingerprint density at radius 2 is 1.81 bits per heavy atom. The third-order valence-electron chi connectivity index (χ3n) is 6.71. The molecule has 0 radical (unpaired) electrons. The SMILES string of the molecule is CC1CCCN(C(=O)CNc2cc(S(=O)(=O)N3CCCCC3)ccc2N2CCOCC2)C1. The normalized spacial score (nSPS) is 23.2. The van der Waals surface area contributed by atoms with Crippen molar-refractivity contribution in [3.63, 3.8) is 0 Å². The summed E-state index contributed by atoms with van der Waals surface area (Å²) >= 11 is 0. The zero-order valence-corrected chi connectivity index (χ0v) is 19.9. The Morgan fingerprint density at radius 3 is 2.53 bits per heavy atom. The lowest BCUT2D eigenvalue weighted by molar-refractivity contribution is -0.130. The van der Waals surface area contributed by atoms with Gasteiger partial charge in [0, 0.05) is 39.3 Å². The first-order chi connectivity index (χ1) is 15.4. The van der Waals surface area contributed by atoms with E-state index in [0.29, 0.717) is 37.9 Å². The zero-order chi connectivity index (χ0) is 22.6. The number of amides is 1. The molecule has 3 fully saturated rings. The van der Waals surface area contributed by atoms with Crippen LogP contribution in [0.3, 0.4) is 0 Å². The van der Waals surface area contributed by atoms with Gasteiger partial charge >= 0.3 is 0 Å². The number of anilines is 2. The predicted molar refractivity (Wildman–Crippen MR) is 126 cm³/mol. The number of hydrogen-bond donors (Lipinski definition) is 1. The van der Waals surface area contributed by atoms with Crippen molar-refractivity contribution in [2.75, 3.05) is 69.2 Å². The largest absolute Gasteiger partial charge is 0.378 e. The maximum Gasteiger partial charge on any atom is 0.243 e. The molecule has 0 aliphatic carbocycles. The highest BCUT2D eigenvalue weighted by molar-refractivity contribution is 7.89. The summed E-state index contributed by atoms with van der Waals surface area (Å²) in [4.78, 5) is 17.2. The molecule has 178 valence electrons. The lowest BCUT2D eigenvalue weighted by Crippen LogP contribution is -2.42. The number of likely N-dealkylation sites (tertiary alicyclic amines) is 1. The molecular formula is C23H36N4O4S. The van der Waals surface area contributed by atoms with E-state index in [0.717, 1.165) is 64.0 Å². The number of benzene rings is 1. The van der Waals surface area contributed by atoms with Gasteiger partial charge in [-0.05, 0) is 49.8 Å². The van der Waals surface area contributed by atoms with Crippen molar-refractivity contribution in [3.8, 4) is 0 Å². The standard InChI is InChI=1S/C23H36N4O4S/c1-19-6-5-9-26(18-19)23(28)17-24-21-16-20(32(29,30)27-10-3-2-4-11-27)7-8-22(21)25-12-14-31-15-13-25/h7-8,16,19,24H,2-6,9-15,17-18H2,1H3. The number of ether oxygens (including phenoxy) is 1. The first-order valence-corrected chi connectivity index (χ1v) is 13.4. The van der Waals surface area contributed by atoms with Crippen molar-refractivity contribution < 1.29 is 17.9 Å². The fraction of sp³-hybridized carbons (Fsp3) is 0.696. The van der Waals surface area contributed by atoms with Crippen LogP contribution >= 0.6 is 0 Å². The van der Waals surface area contributed by atoms with Gasteiger partial charge in [-0.25, -0.2) is 8.42 Å².